The molecular formula is C13H19BrO. The second-order valence-electron chi connectivity index (χ2n) is 4.86. The molecule has 0 aliphatic rings. The summed E-state index contributed by atoms with van der Waals surface area (Å²) in [6, 6.07) is 8.07. The fourth-order valence-electron chi connectivity index (χ4n) is 2.00. The average Bonchev–Trinajstić information content (AvgIpc) is 2.06. The van der Waals surface area contributed by atoms with Crippen LogP contribution in [0.25, 0.3) is 0 Å². The van der Waals surface area contributed by atoms with Gasteiger partial charge in [0, 0.05) is 10.9 Å². The van der Waals surface area contributed by atoms with E-state index < -0.39 is 5.60 Å². The Balaban J connectivity index is 2.73. The van der Waals surface area contributed by atoms with Gasteiger partial charge in [-0.25, -0.2) is 0 Å². The van der Waals surface area contributed by atoms with Gasteiger partial charge in [0.2, 0.25) is 0 Å². The fourth-order valence-corrected chi connectivity index (χ4v) is 2.43. The van der Waals surface area contributed by atoms with Crippen LogP contribution in [0.5, 0.6) is 0 Å². The molecule has 1 aromatic carbocycles. The highest BCUT2D eigenvalue weighted by Crippen LogP contribution is 2.25. The van der Waals surface area contributed by atoms with Crippen molar-refractivity contribution in [3.05, 3.63) is 34.3 Å². The van der Waals surface area contributed by atoms with Crippen molar-refractivity contribution in [1.29, 1.82) is 0 Å². The average molecular weight is 271 g/mol. The molecule has 1 unspecified atom stereocenters. The summed E-state index contributed by atoms with van der Waals surface area (Å²) < 4.78 is 1.08. The Morgan fingerprint density at radius 1 is 1.33 bits per heavy atom. The molecule has 0 amide bonds. The van der Waals surface area contributed by atoms with Crippen LogP contribution < -0.4 is 0 Å². The molecule has 0 saturated heterocycles. The van der Waals surface area contributed by atoms with E-state index in [2.05, 4.69) is 35.8 Å². The lowest BCUT2D eigenvalue weighted by Crippen LogP contribution is -2.29. The van der Waals surface area contributed by atoms with Crippen molar-refractivity contribution in [3.63, 3.8) is 0 Å². The van der Waals surface area contributed by atoms with Gasteiger partial charge in [-0.3, -0.25) is 0 Å². The van der Waals surface area contributed by atoms with Crippen LogP contribution in [-0.4, -0.2) is 10.7 Å². The minimum atomic E-state index is -0.613. The van der Waals surface area contributed by atoms with Crippen LogP contribution >= 0.6 is 15.9 Å². The van der Waals surface area contributed by atoms with E-state index in [1.54, 1.807) is 0 Å². The molecule has 0 radical (unpaired) electrons. The van der Waals surface area contributed by atoms with Crippen molar-refractivity contribution in [2.75, 3.05) is 0 Å². The van der Waals surface area contributed by atoms with Gasteiger partial charge in [0.25, 0.3) is 0 Å². The maximum Gasteiger partial charge on any atom is 0.0662 e. The molecule has 1 atom stereocenters. The lowest BCUT2D eigenvalue weighted by atomic mass is 9.88. The van der Waals surface area contributed by atoms with Gasteiger partial charge >= 0.3 is 0 Å². The quantitative estimate of drug-likeness (QED) is 0.883. The van der Waals surface area contributed by atoms with Gasteiger partial charge in [0.05, 0.1) is 5.60 Å². The molecule has 0 aliphatic heterocycles. The minimum absolute atomic E-state index is 0.516. The van der Waals surface area contributed by atoms with Crippen LogP contribution in [0.3, 0.4) is 0 Å². The molecular weight excluding hydrogens is 252 g/mol. The molecule has 1 rings (SSSR count). The number of halogens is 1. The van der Waals surface area contributed by atoms with Crippen LogP contribution in [0.2, 0.25) is 0 Å². The van der Waals surface area contributed by atoms with Crippen molar-refractivity contribution in [2.24, 2.45) is 5.92 Å². The number of rotatable bonds is 4. The summed E-state index contributed by atoms with van der Waals surface area (Å²) in [7, 11) is 0. The standard InChI is InChI=1S/C13H19BrO/c1-10(2)8-13(3,15)9-11-6-4-5-7-12(11)14/h4-7,10,15H,8-9H2,1-3H3. The summed E-state index contributed by atoms with van der Waals surface area (Å²) in [5.74, 6) is 0.516. The normalized spacial score (nSPS) is 15.3. The number of benzene rings is 1. The number of hydrogen-bond acceptors (Lipinski definition) is 1. The van der Waals surface area contributed by atoms with E-state index in [4.69, 9.17) is 0 Å². The Hall–Kier alpha value is -0.340. The lowest BCUT2D eigenvalue weighted by molar-refractivity contribution is 0.0387. The molecule has 0 heterocycles. The van der Waals surface area contributed by atoms with Crippen LogP contribution in [0.15, 0.2) is 28.7 Å². The Morgan fingerprint density at radius 2 is 1.93 bits per heavy atom. The first-order valence-electron chi connectivity index (χ1n) is 5.36. The predicted molar refractivity (Wildman–Crippen MR) is 67.9 cm³/mol. The summed E-state index contributed by atoms with van der Waals surface area (Å²) >= 11 is 3.50. The molecule has 84 valence electrons. The topological polar surface area (TPSA) is 20.2 Å². The van der Waals surface area contributed by atoms with E-state index >= 15 is 0 Å². The Kier molecular flexibility index (Phi) is 4.35. The van der Waals surface area contributed by atoms with Crippen molar-refractivity contribution in [3.8, 4) is 0 Å². The van der Waals surface area contributed by atoms with E-state index in [0.717, 1.165) is 10.9 Å². The molecule has 1 N–H and O–H groups in total. The largest absolute Gasteiger partial charge is 0.390 e. The maximum atomic E-state index is 10.2. The van der Waals surface area contributed by atoms with Crippen molar-refractivity contribution < 1.29 is 5.11 Å². The molecule has 0 bridgehead atoms. The van der Waals surface area contributed by atoms with Crippen LogP contribution in [0.4, 0.5) is 0 Å². The Bertz CT molecular complexity index is 318. The van der Waals surface area contributed by atoms with E-state index in [9.17, 15) is 5.11 Å². The highest BCUT2D eigenvalue weighted by molar-refractivity contribution is 9.10. The SMILES string of the molecule is CC(C)CC(C)(O)Cc1ccccc1Br. The van der Waals surface area contributed by atoms with Crippen LogP contribution in [-0.2, 0) is 6.42 Å². The third-order valence-corrected chi connectivity index (χ3v) is 3.15. The van der Waals surface area contributed by atoms with E-state index in [1.165, 1.54) is 5.56 Å². The number of aliphatic hydroxyl groups is 1. The van der Waals surface area contributed by atoms with Gasteiger partial charge in [-0.2, -0.15) is 0 Å². The molecule has 1 aromatic rings. The summed E-state index contributed by atoms with van der Waals surface area (Å²) in [6.45, 7) is 6.18. The highest BCUT2D eigenvalue weighted by atomic mass is 79.9. The van der Waals surface area contributed by atoms with E-state index in [1.807, 2.05) is 25.1 Å². The summed E-state index contributed by atoms with van der Waals surface area (Å²) in [5.41, 5.74) is 0.557. The second-order valence-corrected chi connectivity index (χ2v) is 5.72. The Labute approximate surface area is 101 Å². The summed E-state index contributed by atoms with van der Waals surface area (Å²) in [5, 5.41) is 10.2. The van der Waals surface area contributed by atoms with Crippen LogP contribution in [0, 0.1) is 5.92 Å². The first kappa shape index (κ1) is 12.7. The van der Waals surface area contributed by atoms with Gasteiger partial charge in [-0.1, -0.05) is 48.0 Å². The third kappa shape index (κ3) is 4.35. The van der Waals surface area contributed by atoms with Crippen molar-refractivity contribution in [1.82, 2.24) is 0 Å². The molecule has 15 heavy (non-hydrogen) atoms. The third-order valence-electron chi connectivity index (χ3n) is 2.38. The molecule has 0 aromatic heterocycles. The molecule has 0 saturated carbocycles. The van der Waals surface area contributed by atoms with Gasteiger partial charge in [-0.05, 0) is 30.9 Å². The summed E-state index contributed by atoms with van der Waals surface area (Å²) in [4.78, 5) is 0. The molecule has 0 fully saturated rings. The lowest BCUT2D eigenvalue weighted by Gasteiger charge is -2.25. The zero-order chi connectivity index (χ0) is 11.5. The molecule has 0 aliphatic carbocycles. The fraction of sp³-hybridized carbons (Fsp3) is 0.538. The first-order valence-corrected chi connectivity index (χ1v) is 6.16. The predicted octanol–water partition coefficient (Wildman–Crippen LogP) is 3.79. The first-order chi connectivity index (χ1) is 6.91. The smallest absolute Gasteiger partial charge is 0.0662 e. The molecule has 1 nitrogen and oxygen atoms in total. The monoisotopic (exact) mass is 270 g/mol. The minimum Gasteiger partial charge on any atom is -0.390 e. The van der Waals surface area contributed by atoms with Crippen molar-refractivity contribution in [2.45, 2.75) is 39.2 Å². The van der Waals surface area contributed by atoms with Gasteiger partial charge < -0.3 is 5.11 Å². The maximum absolute atomic E-state index is 10.2. The Morgan fingerprint density at radius 3 is 2.47 bits per heavy atom. The van der Waals surface area contributed by atoms with Crippen molar-refractivity contribution >= 4 is 15.9 Å². The van der Waals surface area contributed by atoms with E-state index in [-0.39, 0.29) is 0 Å². The van der Waals surface area contributed by atoms with Gasteiger partial charge in [0.1, 0.15) is 0 Å². The number of hydrogen-bond donors (Lipinski definition) is 1. The zero-order valence-corrected chi connectivity index (χ0v) is 11.2. The summed E-state index contributed by atoms with van der Waals surface area (Å²) in [6.07, 6.45) is 1.53. The van der Waals surface area contributed by atoms with Crippen LogP contribution in [0.1, 0.15) is 32.8 Å². The highest BCUT2D eigenvalue weighted by Gasteiger charge is 2.22. The zero-order valence-electron chi connectivity index (χ0n) is 9.63. The van der Waals surface area contributed by atoms with Gasteiger partial charge in [-0.15, -0.1) is 0 Å². The second kappa shape index (κ2) is 5.13. The van der Waals surface area contributed by atoms with Gasteiger partial charge in [0.15, 0.2) is 0 Å². The van der Waals surface area contributed by atoms with E-state index in [0.29, 0.717) is 12.3 Å². The molecule has 2 heteroatoms. The molecule has 0 spiro atoms.